The monoisotopic (exact) mass is 305 g/mol. The van der Waals surface area contributed by atoms with E-state index in [0.29, 0.717) is 18.0 Å². The average Bonchev–Trinajstić information content (AvgIpc) is 2.89. The molecule has 0 spiro atoms. The van der Waals surface area contributed by atoms with Gasteiger partial charge in [0.2, 0.25) is 0 Å². The third-order valence-electron chi connectivity index (χ3n) is 3.07. The van der Waals surface area contributed by atoms with E-state index in [0.717, 1.165) is 0 Å². The minimum absolute atomic E-state index is 0.0866. The van der Waals surface area contributed by atoms with Crippen LogP contribution in [-0.2, 0) is 7.05 Å². The number of aliphatic hydroxyl groups is 1. The first kappa shape index (κ1) is 15.8. The Labute approximate surface area is 128 Å². The zero-order chi connectivity index (χ0) is 16.1. The number of phenolic OH excluding ortho intramolecular Hbond substituents is 1. The first-order chi connectivity index (χ1) is 10.5. The van der Waals surface area contributed by atoms with Gasteiger partial charge in [-0.1, -0.05) is 6.92 Å². The van der Waals surface area contributed by atoms with Crippen molar-refractivity contribution in [3.05, 3.63) is 36.0 Å². The number of anilines is 1. The Morgan fingerprint density at radius 3 is 2.82 bits per heavy atom. The number of ether oxygens (including phenoxy) is 1. The summed E-state index contributed by atoms with van der Waals surface area (Å²) in [6, 6.07) is 5.91. The number of rotatable bonds is 6. The fourth-order valence-electron chi connectivity index (χ4n) is 1.89. The Kier molecular flexibility index (Phi) is 5.00. The van der Waals surface area contributed by atoms with Gasteiger partial charge in [-0.25, -0.2) is 0 Å². The Morgan fingerprint density at radius 1 is 1.45 bits per heavy atom. The highest BCUT2D eigenvalue weighted by Gasteiger charge is 2.13. The topological polar surface area (TPSA) is 96.6 Å². The Morgan fingerprint density at radius 2 is 2.23 bits per heavy atom. The fraction of sp³-hybridized carbons (Fsp3) is 0.333. The van der Waals surface area contributed by atoms with Crippen molar-refractivity contribution >= 4 is 11.7 Å². The van der Waals surface area contributed by atoms with Crippen molar-refractivity contribution in [3.63, 3.8) is 0 Å². The molecule has 1 aromatic heterocycles. The van der Waals surface area contributed by atoms with Gasteiger partial charge in [-0.15, -0.1) is 0 Å². The molecular formula is C15H19N3O4. The van der Waals surface area contributed by atoms with Crippen LogP contribution >= 0.6 is 0 Å². The lowest BCUT2D eigenvalue weighted by Crippen LogP contribution is -2.20. The molecule has 118 valence electrons. The van der Waals surface area contributed by atoms with Gasteiger partial charge in [0.15, 0.2) is 5.82 Å². The van der Waals surface area contributed by atoms with Crippen molar-refractivity contribution in [1.82, 2.24) is 9.78 Å². The van der Waals surface area contributed by atoms with Gasteiger partial charge in [0.25, 0.3) is 5.91 Å². The number of hydrogen-bond donors (Lipinski definition) is 3. The maximum absolute atomic E-state index is 12.2. The summed E-state index contributed by atoms with van der Waals surface area (Å²) in [6.45, 7) is 1.74. The Bertz CT molecular complexity index is 650. The number of phenols is 1. The molecule has 1 atom stereocenters. The fourth-order valence-corrected chi connectivity index (χ4v) is 1.89. The van der Waals surface area contributed by atoms with Crippen molar-refractivity contribution in [3.8, 4) is 11.5 Å². The summed E-state index contributed by atoms with van der Waals surface area (Å²) in [7, 11) is 1.75. The van der Waals surface area contributed by atoms with Crippen LogP contribution in [0, 0.1) is 0 Å². The number of benzene rings is 1. The molecule has 1 amide bonds. The van der Waals surface area contributed by atoms with E-state index < -0.39 is 5.91 Å². The second-order valence-corrected chi connectivity index (χ2v) is 4.88. The Balaban J connectivity index is 2.16. The highest BCUT2D eigenvalue weighted by Crippen LogP contribution is 2.24. The summed E-state index contributed by atoms with van der Waals surface area (Å²) in [5.41, 5.74) is 0.244. The minimum atomic E-state index is -0.406. The normalized spacial score (nSPS) is 12.0. The molecule has 0 unspecified atom stereocenters. The number of hydrogen-bond acceptors (Lipinski definition) is 5. The van der Waals surface area contributed by atoms with Gasteiger partial charge in [0, 0.05) is 30.9 Å². The van der Waals surface area contributed by atoms with Gasteiger partial charge in [0.1, 0.15) is 17.6 Å². The van der Waals surface area contributed by atoms with Gasteiger partial charge < -0.3 is 20.3 Å². The molecule has 0 aliphatic carbocycles. The van der Waals surface area contributed by atoms with Crippen LogP contribution in [0.3, 0.4) is 0 Å². The summed E-state index contributed by atoms with van der Waals surface area (Å²) >= 11 is 0. The number of nitrogens with zero attached hydrogens (tertiary/aromatic N) is 2. The predicted molar refractivity (Wildman–Crippen MR) is 81.1 cm³/mol. The number of carbonyl (C=O) groups is 1. The first-order valence-corrected chi connectivity index (χ1v) is 6.94. The number of aromatic nitrogens is 2. The first-order valence-electron chi connectivity index (χ1n) is 6.94. The van der Waals surface area contributed by atoms with Gasteiger partial charge in [-0.05, 0) is 18.6 Å². The lowest BCUT2D eigenvalue weighted by molar-refractivity contribution is 0.102. The number of nitrogens with one attached hydrogen (secondary N) is 1. The van der Waals surface area contributed by atoms with Gasteiger partial charge in [-0.2, -0.15) is 5.10 Å². The number of aryl methyl sites for hydroxylation is 1. The maximum atomic E-state index is 12.2. The smallest absolute Gasteiger partial charge is 0.257 e. The summed E-state index contributed by atoms with van der Waals surface area (Å²) in [5, 5.41) is 25.6. The van der Waals surface area contributed by atoms with E-state index >= 15 is 0 Å². The molecule has 22 heavy (non-hydrogen) atoms. The van der Waals surface area contributed by atoms with Crippen molar-refractivity contribution in [2.45, 2.75) is 19.4 Å². The standard InChI is InChI=1S/C15H19N3O4/c1-3-12(9-19)22-13-7-10(6-11(20)8-13)15(21)16-14-4-5-18(2)17-14/h4-8,12,19-20H,3,9H2,1-2H3,(H,16,17,21)/t12-/m0/s1. The van der Waals surface area contributed by atoms with Crippen LogP contribution in [0.1, 0.15) is 23.7 Å². The molecule has 0 fully saturated rings. The molecule has 0 saturated carbocycles. The van der Waals surface area contributed by atoms with Crippen LogP contribution in [0.4, 0.5) is 5.82 Å². The predicted octanol–water partition coefficient (Wildman–Crippen LogP) is 1.53. The lowest BCUT2D eigenvalue weighted by atomic mass is 10.2. The molecule has 2 rings (SSSR count). The van der Waals surface area contributed by atoms with Crippen LogP contribution in [0.15, 0.2) is 30.5 Å². The zero-order valence-electron chi connectivity index (χ0n) is 12.5. The van der Waals surface area contributed by atoms with Crippen LogP contribution < -0.4 is 10.1 Å². The van der Waals surface area contributed by atoms with E-state index in [1.807, 2.05) is 6.92 Å². The molecule has 7 heteroatoms. The van der Waals surface area contributed by atoms with Crippen molar-refractivity contribution < 1.29 is 19.7 Å². The van der Waals surface area contributed by atoms with Crippen LogP contribution in [0.25, 0.3) is 0 Å². The molecule has 3 N–H and O–H groups in total. The summed E-state index contributed by atoms with van der Waals surface area (Å²) < 4.78 is 7.10. The number of amides is 1. The van der Waals surface area contributed by atoms with Gasteiger partial charge in [0.05, 0.1) is 6.61 Å². The Hall–Kier alpha value is -2.54. The van der Waals surface area contributed by atoms with Crippen molar-refractivity contribution in [2.24, 2.45) is 7.05 Å². The molecule has 2 aromatic rings. The second kappa shape index (κ2) is 6.95. The van der Waals surface area contributed by atoms with Crippen LogP contribution in [0.2, 0.25) is 0 Å². The van der Waals surface area contributed by atoms with E-state index in [9.17, 15) is 9.90 Å². The molecule has 0 saturated heterocycles. The molecule has 0 radical (unpaired) electrons. The minimum Gasteiger partial charge on any atom is -0.508 e. The van der Waals surface area contributed by atoms with Crippen molar-refractivity contribution in [1.29, 1.82) is 0 Å². The molecule has 7 nitrogen and oxygen atoms in total. The molecule has 0 bridgehead atoms. The van der Waals surface area contributed by atoms with Gasteiger partial charge in [-0.3, -0.25) is 9.48 Å². The van der Waals surface area contributed by atoms with E-state index in [-0.39, 0.29) is 24.0 Å². The maximum Gasteiger partial charge on any atom is 0.257 e. The third kappa shape index (κ3) is 3.98. The SMILES string of the molecule is CC[C@@H](CO)Oc1cc(O)cc(C(=O)Nc2ccn(C)n2)c1. The zero-order valence-corrected chi connectivity index (χ0v) is 12.5. The molecular weight excluding hydrogens is 286 g/mol. The number of aromatic hydroxyl groups is 1. The van der Waals surface area contributed by atoms with E-state index in [1.165, 1.54) is 18.2 Å². The molecule has 1 aromatic carbocycles. The van der Waals surface area contributed by atoms with Crippen LogP contribution in [0.5, 0.6) is 11.5 Å². The summed E-state index contributed by atoms with van der Waals surface area (Å²) in [5.74, 6) is 0.250. The number of carbonyl (C=O) groups excluding carboxylic acids is 1. The largest absolute Gasteiger partial charge is 0.508 e. The highest BCUT2D eigenvalue weighted by molar-refractivity contribution is 6.04. The lowest BCUT2D eigenvalue weighted by Gasteiger charge is -2.15. The van der Waals surface area contributed by atoms with Crippen molar-refractivity contribution in [2.75, 3.05) is 11.9 Å². The quantitative estimate of drug-likeness (QED) is 0.752. The number of aliphatic hydroxyl groups excluding tert-OH is 1. The second-order valence-electron chi connectivity index (χ2n) is 4.88. The van der Waals surface area contributed by atoms with E-state index in [2.05, 4.69) is 10.4 Å². The molecule has 0 aliphatic heterocycles. The molecule has 0 aliphatic rings. The van der Waals surface area contributed by atoms with E-state index in [4.69, 9.17) is 9.84 Å². The summed E-state index contributed by atoms with van der Waals surface area (Å²) in [6.07, 6.45) is 1.94. The van der Waals surface area contributed by atoms with Gasteiger partial charge >= 0.3 is 0 Å². The highest BCUT2D eigenvalue weighted by atomic mass is 16.5. The molecule has 1 heterocycles. The van der Waals surface area contributed by atoms with Crippen LogP contribution in [-0.4, -0.2) is 38.6 Å². The van der Waals surface area contributed by atoms with E-state index in [1.54, 1.807) is 24.0 Å². The summed E-state index contributed by atoms with van der Waals surface area (Å²) in [4.78, 5) is 12.2. The third-order valence-corrected chi connectivity index (χ3v) is 3.07. The average molecular weight is 305 g/mol.